The van der Waals surface area contributed by atoms with Crippen molar-refractivity contribution in [3.8, 4) is 5.75 Å². The Hall–Kier alpha value is -3.73. The molecule has 0 bridgehead atoms. The number of hydrogen-bond acceptors (Lipinski definition) is 7. The van der Waals surface area contributed by atoms with E-state index in [1.807, 2.05) is 0 Å². The van der Waals surface area contributed by atoms with Gasteiger partial charge >= 0.3 is 11.7 Å². The van der Waals surface area contributed by atoms with Crippen LogP contribution < -0.4 is 15.7 Å². The standard InChI is InChI=1S/C18H20N4O7/c1-29-13-4-2-12(3-5-13)17(27)19-14-6-7-22(18(28)20-14)10-15(24)21(8-9-23)11-16(25)26/h2-7,23H,8-11H2,1H3,(H,25,26)(H,19,20,27,28). The van der Waals surface area contributed by atoms with Gasteiger partial charge in [-0.1, -0.05) is 0 Å². The summed E-state index contributed by atoms with van der Waals surface area (Å²) in [5.41, 5.74) is -0.467. The van der Waals surface area contributed by atoms with E-state index < -0.39 is 43.2 Å². The smallest absolute Gasteiger partial charge is 0.349 e. The number of nitrogens with one attached hydrogen (secondary N) is 1. The van der Waals surface area contributed by atoms with Crippen LogP contribution in [0.4, 0.5) is 5.82 Å². The number of carboxylic acid groups (broad SMARTS) is 1. The minimum Gasteiger partial charge on any atom is -0.497 e. The molecule has 0 saturated carbocycles. The third kappa shape index (κ3) is 6.14. The van der Waals surface area contributed by atoms with Crippen LogP contribution >= 0.6 is 0 Å². The van der Waals surface area contributed by atoms with E-state index in [9.17, 15) is 19.2 Å². The van der Waals surface area contributed by atoms with Crippen LogP contribution in [-0.2, 0) is 16.1 Å². The molecule has 2 amide bonds. The number of aliphatic hydroxyl groups is 1. The Morgan fingerprint density at radius 1 is 1.21 bits per heavy atom. The zero-order chi connectivity index (χ0) is 21.4. The van der Waals surface area contributed by atoms with Gasteiger partial charge in [0.05, 0.1) is 13.7 Å². The van der Waals surface area contributed by atoms with E-state index in [4.69, 9.17) is 14.9 Å². The van der Waals surface area contributed by atoms with E-state index in [0.717, 1.165) is 9.47 Å². The van der Waals surface area contributed by atoms with E-state index in [1.165, 1.54) is 19.4 Å². The van der Waals surface area contributed by atoms with Crippen molar-refractivity contribution in [1.82, 2.24) is 14.5 Å². The predicted molar refractivity (Wildman–Crippen MR) is 101 cm³/mol. The second-order valence-corrected chi connectivity index (χ2v) is 5.84. The lowest BCUT2D eigenvalue weighted by Crippen LogP contribution is -2.41. The number of anilines is 1. The summed E-state index contributed by atoms with van der Waals surface area (Å²) in [5.74, 6) is -1.81. The summed E-state index contributed by atoms with van der Waals surface area (Å²) in [7, 11) is 1.50. The fourth-order valence-electron chi connectivity index (χ4n) is 2.37. The zero-order valence-electron chi connectivity index (χ0n) is 15.6. The normalized spacial score (nSPS) is 10.3. The molecule has 0 aliphatic carbocycles. The van der Waals surface area contributed by atoms with E-state index in [1.54, 1.807) is 24.3 Å². The molecule has 0 saturated heterocycles. The van der Waals surface area contributed by atoms with Crippen molar-refractivity contribution in [2.24, 2.45) is 0 Å². The highest BCUT2D eigenvalue weighted by atomic mass is 16.5. The molecular weight excluding hydrogens is 384 g/mol. The Labute approximate surface area is 165 Å². The summed E-state index contributed by atoms with van der Waals surface area (Å²) in [5, 5.41) is 20.2. The number of aromatic nitrogens is 2. The van der Waals surface area contributed by atoms with E-state index in [0.29, 0.717) is 11.3 Å². The molecule has 2 aromatic rings. The van der Waals surface area contributed by atoms with Crippen molar-refractivity contribution in [1.29, 1.82) is 0 Å². The van der Waals surface area contributed by atoms with E-state index in [2.05, 4.69) is 10.3 Å². The number of amides is 2. The Kier molecular flexibility index (Phi) is 7.43. The van der Waals surface area contributed by atoms with Crippen LogP contribution in [0.15, 0.2) is 41.3 Å². The number of methoxy groups -OCH3 is 1. The van der Waals surface area contributed by atoms with Crippen LogP contribution in [0, 0.1) is 0 Å². The lowest BCUT2D eigenvalue weighted by atomic mass is 10.2. The molecule has 3 N–H and O–H groups in total. The molecule has 1 aromatic carbocycles. The molecule has 0 aliphatic heterocycles. The van der Waals surface area contributed by atoms with E-state index in [-0.39, 0.29) is 12.4 Å². The number of aliphatic carboxylic acids is 1. The van der Waals surface area contributed by atoms with Crippen molar-refractivity contribution in [2.75, 3.05) is 32.1 Å². The minimum absolute atomic E-state index is 0.00253. The van der Waals surface area contributed by atoms with E-state index >= 15 is 0 Å². The third-order valence-electron chi connectivity index (χ3n) is 3.82. The topological polar surface area (TPSA) is 151 Å². The lowest BCUT2D eigenvalue weighted by molar-refractivity contribution is -0.145. The zero-order valence-corrected chi connectivity index (χ0v) is 15.6. The monoisotopic (exact) mass is 404 g/mol. The lowest BCUT2D eigenvalue weighted by Gasteiger charge is -2.19. The summed E-state index contributed by atoms with van der Waals surface area (Å²) in [4.78, 5) is 51.9. The van der Waals surface area contributed by atoms with Gasteiger partial charge < -0.3 is 25.2 Å². The fraction of sp³-hybridized carbons (Fsp3) is 0.278. The second-order valence-electron chi connectivity index (χ2n) is 5.84. The molecule has 0 aliphatic rings. The number of carboxylic acids is 1. The third-order valence-corrected chi connectivity index (χ3v) is 3.82. The Morgan fingerprint density at radius 2 is 1.90 bits per heavy atom. The highest BCUT2D eigenvalue weighted by Gasteiger charge is 2.17. The van der Waals surface area contributed by atoms with Gasteiger partial charge in [-0.25, -0.2) is 4.79 Å². The average Bonchev–Trinajstić information content (AvgIpc) is 2.69. The Bertz CT molecular complexity index is 940. The van der Waals surface area contributed by atoms with Crippen molar-refractivity contribution in [3.63, 3.8) is 0 Å². The Morgan fingerprint density at radius 3 is 2.45 bits per heavy atom. The predicted octanol–water partition coefficient (Wildman–Crippen LogP) is -0.590. The van der Waals surface area contributed by atoms with Crippen LogP contribution in [0.2, 0.25) is 0 Å². The van der Waals surface area contributed by atoms with Crippen LogP contribution in [0.1, 0.15) is 10.4 Å². The number of ether oxygens (including phenoxy) is 1. The van der Waals surface area contributed by atoms with Crippen LogP contribution in [-0.4, -0.2) is 69.3 Å². The summed E-state index contributed by atoms with van der Waals surface area (Å²) >= 11 is 0. The van der Waals surface area contributed by atoms with Crippen molar-refractivity contribution in [2.45, 2.75) is 6.54 Å². The molecule has 11 heteroatoms. The van der Waals surface area contributed by atoms with Gasteiger partial charge in [-0.15, -0.1) is 0 Å². The summed E-state index contributed by atoms with van der Waals surface area (Å²) in [6, 6.07) is 7.66. The first kappa shape index (κ1) is 21.6. The van der Waals surface area contributed by atoms with Gasteiger partial charge in [0.2, 0.25) is 5.91 Å². The SMILES string of the molecule is COc1ccc(C(=O)Nc2ccn(CC(=O)N(CCO)CC(=O)O)c(=O)n2)cc1. The quantitative estimate of drug-likeness (QED) is 0.502. The molecule has 29 heavy (non-hydrogen) atoms. The largest absolute Gasteiger partial charge is 0.497 e. The Balaban J connectivity index is 2.07. The molecule has 1 aromatic heterocycles. The molecule has 2 rings (SSSR count). The molecule has 0 fully saturated rings. The maximum atomic E-state index is 12.2. The second kappa shape index (κ2) is 9.99. The fourth-order valence-corrected chi connectivity index (χ4v) is 2.37. The number of hydrogen-bond donors (Lipinski definition) is 3. The maximum Gasteiger partial charge on any atom is 0.349 e. The number of benzene rings is 1. The number of nitrogens with zero attached hydrogens (tertiary/aromatic N) is 3. The van der Waals surface area contributed by atoms with Gasteiger partial charge in [0.15, 0.2) is 0 Å². The van der Waals surface area contributed by atoms with Crippen LogP contribution in [0.3, 0.4) is 0 Å². The first-order valence-electron chi connectivity index (χ1n) is 8.47. The molecule has 1 heterocycles. The molecular formula is C18H20N4O7. The van der Waals surface area contributed by atoms with Gasteiger partial charge in [-0.2, -0.15) is 4.98 Å². The summed E-state index contributed by atoms with van der Waals surface area (Å²) in [6.45, 7) is -1.64. The van der Waals surface area contributed by atoms with Crippen molar-refractivity contribution >= 4 is 23.6 Å². The highest BCUT2D eigenvalue weighted by molar-refractivity contribution is 6.03. The molecule has 0 unspecified atom stereocenters. The molecule has 11 nitrogen and oxygen atoms in total. The first-order chi connectivity index (χ1) is 13.8. The maximum absolute atomic E-state index is 12.2. The van der Waals surface area contributed by atoms with Crippen LogP contribution in [0.25, 0.3) is 0 Å². The van der Waals surface area contributed by atoms with Gasteiger partial charge in [0, 0.05) is 18.3 Å². The molecule has 154 valence electrons. The van der Waals surface area contributed by atoms with Crippen molar-refractivity contribution < 1.29 is 29.3 Å². The number of carbonyl (C=O) groups is 3. The molecule has 0 spiro atoms. The number of carbonyl (C=O) groups excluding carboxylic acids is 2. The summed E-state index contributed by atoms with van der Waals surface area (Å²) < 4.78 is 5.99. The van der Waals surface area contributed by atoms with Crippen LogP contribution in [0.5, 0.6) is 5.75 Å². The molecule has 0 radical (unpaired) electrons. The van der Waals surface area contributed by atoms with Crippen molar-refractivity contribution in [3.05, 3.63) is 52.6 Å². The van der Waals surface area contributed by atoms with Gasteiger partial charge in [0.1, 0.15) is 24.7 Å². The highest BCUT2D eigenvalue weighted by Crippen LogP contribution is 2.12. The summed E-state index contributed by atoms with van der Waals surface area (Å²) in [6.07, 6.45) is 1.26. The van der Waals surface area contributed by atoms with Gasteiger partial charge in [-0.05, 0) is 30.3 Å². The first-order valence-corrected chi connectivity index (χ1v) is 8.47. The van der Waals surface area contributed by atoms with Gasteiger partial charge in [0.25, 0.3) is 5.91 Å². The molecule has 0 atom stereocenters. The van der Waals surface area contributed by atoms with Gasteiger partial charge in [-0.3, -0.25) is 19.0 Å². The number of aliphatic hydroxyl groups excluding tert-OH is 1. The average molecular weight is 404 g/mol. The number of rotatable bonds is 9. The minimum atomic E-state index is -1.24.